The lowest BCUT2D eigenvalue weighted by molar-refractivity contribution is 0.469. The Hall–Kier alpha value is -2.74. The third kappa shape index (κ3) is 2.93. The molecule has 1 aromatic heterocycles. The van der Waals surface area contributed by atoms with Gasteiger partial charge < -0.3 is 16.2 Å². The van der Waals surface area contributed by atoms with Crippen LogP contribution in [-0.2, 0) is 6.54 Å². The van der Waals surface area contributed by atoms with Gasteiger partial charge >= 0.3 is 0 Å². The van der Waals surface area contributed by atoms with Crippen LogP contribution in [0.5, 0.6) is 5.75 Å². The van der Waals surface area contributed by atoms with Crippen molar-refractivity contribution >= 4 is 11.5 Å². The van der Waals surface area contributed by atoms with E-state index in [9.17, 15) is 5.11 Å². The number of pyridine rings is 1. The number of hydrogen-bond donors (Lipinski definition) is 3. The molecule has 0 atom stereocenters. The Morgan fingerprint density at radius 3 is 2.89 bits per heavy atom. The standard InChI is InChI=1S/C14H14N4O/c1-9-2-3-10(7-15)14(18-9)17-8-11-6-12(16)4-5-13(11)19/h2-6,19H,8,16H2,1H3,(H,17,18). The Labute approximate surface area is 111 Å². The molecule has 19 heavy (non-hydrogen) atoms. The molecule has 0 radical (unpaired) electrons. The third-order valence-electron chi connectivity index (χ3n) is 2.70. The van der Waals surface area contributed by atoms with Crippen molar-refractivity contribution in [1.82, 2.24) is 4.98 Å². The third-order valence-corrected chi connectivity index (χ3v) is 2.70. The van der Waals surface area contributed by atoms with Crippen LogP contribution in [-0.4, -0.2) is 10.1 Å². The van der Waals surface area contributed by atoms with Gasteiger partial charge in [0, 0.05) is 23.5 Å². The molecule has 5 heteroatoms. The molecular weight excluding hydrogens is 240 g/mol. The van der Waals surface area contributed by atoms with Crippen LogP contribution in [0, 0.1) is 18.3 Å². The lowest BCUT2D eigenvalue weighted by Gasteiger charge is -2.10. The first-order valence-corrected chi connectivity index (χ1v) is 5.79. The van der Waals surface area contributed by atoms with Crippen LogP contribution in [0.3, 0.4) is 0 Å². The van der Waals surface area contributed by atoms with Crippen LogP contribution in [0.1, 0.15) is 16.8 Å². The molecule has 0 unspecified atom stereocenters. The average molecular weight is 254 g/mol. The molecule has 4 N–H and O–H groups in total. The van der Waals surface area contributed by atoms with Gasteiger partial charge in [-0.2, -0.15) is 5.26 Å². The minimum Gasteiger partial charge on any atom is -0.508 e. The largest absolute Gasteiger partial charge is 0.508 e. The first-order valence-electron chi connectivity index (χ1n) is 5.79. The smallest absolute Gasteiger partial charge is 0.144 e. The van der Waals surface area contributed by atoms with E-state index in [0.29, 0.717) is 29.2 Å². The molecule has 0 saturated heterocycles. The SMILES string of the molecule is Cc1ccc(C#N)c(NCc2cc(N)ccc2O)n1. The van der Waals surface area contributed by atoms with Crippen molar-refractivity contribution in [2.75, 3.05) is 11.1 Å². The van der Waals surface area contributed by atoms with Crippen LogP contribution in [0.2, 0.25) is 0 Å². The Kier molecular flexibility index (Phi) is 3.53. The minimum atomic E-state index is 0.160. The van der Waals surface area contributed by atoms with E-state index in [4.69, 9.17) is 11.0 Å². The van der Waals surface area contributed by atoms with Gasteiger partial charge in [0.05, 0.1) is 5.56 Å². The zero-order valence-electron chi connectivity index (χ0n) is 10.5. The first kappa shape index (κ1) is 12.7. The zero-order chi connectivity index (χ0) is 13.8. The molecule has 0 bridgehead atoms. The van der Waals surface area contributed by atoms with Crippen LogP contribution in [0.15, 0.2) is 30.3 Å². The maximum Gasteiger partial charge on any atom is 0.144 e. The number of aromatic hydroxyl groups is 1. The maximum absolute atomic E-state index is 9.71. The summed E-state index contributed by atoms with van der Waals surface area (Å²) in [6.45, 7) is 2.20. The fourth-order valence-corrected chi connectivity index (χ4v) is 1.71. The van der Waals surface area contributed by atoms with Gasteiger partial charge in [-0.3, -0.25) is 0 Å². The summed E-state index contributed by atoms with van der Waals surface area (Å²) in [7, 11) is 0. The number of aromatic nitrogens is 1. The summed E-state index contributed by atoms with van der Waals surface area (Å²) in [6.07, 6.45) is 0. The molecule has 0 spiro atoms. The minimum absolute atomic E-state index is 0.160. The fraction of sp³-hybridized carbons (Fsp3) is 0.143. The van der Waals surface area contributed by atoms with Gasteiger partial charge in [0.25, 0.3) is 0 Å². The van der Waals surface area contributed by atoms with Gasteiger partial charge in [-0.25, -0.2) is 4.98 Å². The molecule has 1 aromatic carbocycles. The second-order valence-corrected chi connectivity index (χ2v) is 4.20. The number of benzene rings is 1. The number of nitrogens with one attached hydrogen (secondary N) is 1. The Balaban J connectivity index is 2.21. The van der Waals surface area contributed by atoms with E-state index in [-0.39, 0.29) is 5.75 Å². The summed E-state index contributed by atoms with van der Waals surface area (Å²) in [5, 5.41) is 21.8. The van der Waals surface area contributed by atoms with Crippen LogP contribution in [0.25, 0.3) is 0 Å². The van der Waals surface area contributed by atoms with E-state index in [2.05, 4.69) is 16.4 Å². The van der Waals surface area contributed by atoms with Crippen molar-refractivity contribution < 1.29 is 5.11 Å². The molecule has 96 valence electrons. The number of aryl methyl sites for hydroxylation is 1. The first-order chi connectivity index (χ1) is 9.10. The topological polar surface area (TPSA) is 95.0 Å². The highest BCUT2D eigenvalue weighted by Gasteiger charge is 2.06. The molecule has 2 rings (SSSR count). The van der Waals surface area contributed by atoms with E-state index in [1.807, 2.05) is 6.92 Å². The lowest BCUT2D eigenvalue weighted by atomic mass is 10.1. The molecule has 0 fully saturated rings. The highest BCUT2D eigenvalue weighted by molar-refractivity contribution is 5.54. The molecule has 0 amide bonds. The van der Waals surface area contributed by atoms with Gasteiger partial charge in [-0.15, -0.1) is 0 Å². The van der Waals surface area contributed by atoms with Crippen molar-refractivity contribution in [3.8, 4) is 11.8 Å². The van der Waals surface area contributed by atoms with Gasteiger partial charge in [-0.05, 0) is 37.3 Å². The lowest BCUT2D eigenvalue weighted by Crippen LogP contribution is -2.05. The predicted octanol–water partition coefficient (Wildman–Crippen LogP) is 2.16. The fourth-order valence-electron chi connectivity index (χ4n) is 1.71. The summed E-state index contributed by atoms with van der Waals surface area (Å²) < 4.78 is 0. The Morgan fingerprint density at radius 2 is 2.16 bits per heavy atom. The molecule has 0 aliphatic rings. The number of phenols is 1. The summed E-state index contributed by atoms with van der Waals surface area (Å²) in [5.74, 6) is 0.664. The Morgan fingerprint density at radius 1 is 1.37 bits per heavy atom. The number of nitrogens with zero attached hydrogens (tertiary/aromatic N) is 2. The number of rotatable bonds is 3. The highest BCUT2D eigenvalue weighted by Crippen LogP contribution is 2.21. The van der Waals surface area contributed by atoms with Crippen molar-refractivity contribution in [2.45, 2.75) is 13.5 Å². The number of nitrogens with two attached hydrogens (primary N) is 1. The normalized spacial score (nSPS) is 9.89. The second kappa shape index (κ2) is 5.27. The molecule has 5 nitrogen and oxygen atoms in total. The van der Waals surface area contributed by atoms with Crippen molar-refractivity contribution in [3.05, 3.63) is 47.2 Å². The zero-order valence-corrected chi connectivity index (χ0v) is 10.5. The van der Waals surface area contributed by atoms with E-state index in [1.165, 1.54) is 0 Å². The molecule has 0 aliphatic heterocycles. The van der Waals surface area contributed by atoms with Crippen molar-refractivity contribution in [1.29, 1.82) is 5.26 Å². The van der Waals surface area contributed by atoms with Crippen LogP contribution < -0.4 is 11.1 Å². The van der Waals surface area contributed by atoms with E-state index < -0.39 is 0 Å². The number of nitrogen functional groups attached to an aromatic ring is 1. The van der Waals surface area contributed by atoms with E-state index in [0.717, 1.165) is 5.69 Å². The van der Waals surface area contributed by atoms with Gasteiger partial charge in [0.15, 0.2) is 0 Å². The molecular formula is C14H14N4O. The summed E-state index contributed by atoms with van der Waals surface area (Å²) in [6, 6.07) is 10.4. The summed E-state index contributed by atoms with van der Waals surface area (Å²) in [5.41, 5.74) is 8.19. The number of nitriles is 1. The van der Waals surface area contributed by atoms with Crippen molar-refractivity contribution in [2.24, 2.45) is 0 Å². The number of anilines is 2. The van der Waals surface area contributed by atoms with Gasteiger partial charge in [0.2, 0.25) is 0 Å². The molecule has 0 aliphatic carbocycles. The van der Waals surface area contributed by atoms with E-state index >= 15 is 0 Å². The van der Waals surface area contributed by atoms with Crippen LogP contribution in [0.4, 0.5) is 11.5 Å². The number of phenolic OH excluding ortho intramolecular Hbond substituents is 1. The quantitative estimate of drug-likeness (QED) is 0.576. The van der Waals surface area contributed by atoms with Gasteiger partial charge in [0.1, 0.15) is 17.6 Å². The second-order valence-electron chi connectivity index (χ2n) is 4.20. The van der Waals surface area contributed by atoms with E-state index in [1.54, 1.807) is 30.3 Å². The molecule has 2 aromatic rings. The average Bonchev–Trinajstić information content (AvgIpc) is 2.40. The molecule has 1 heterocycles. The summed E-state index contributed by atoms with van der Waals surface area (Å²) in [4.78, 5) is 4.26. The van der Waals surface area contributed by atoms with Crippen molar-refractivity contribution in [3.63, 3.8) is 0 Å². The molecule has 0 saturated carbocycles. The Bertz CT molecular complexity index is 646. The maximum atomic E-state index is 9.71. The number of hydrogen-bond acceptors (Lipinski definition) is 5. The van der Waals surface area contributed by atoms with Crippen LogP contribution >= 0.6 is 0 Å². The predicted molar refractivity (Wildman–Crippen MR) is 73.5 cm³/mol. The monoisotopic (exact) mass is 254 g/mol. The van der Waals surface area contributed by atoms with Gasteiger partial charge in [-0.1, -0.05) is 0 Å². The highest BCUT2D eigenvalue weighted by atomic mass is 16.3. The summed E-state index contributed by atoms with van der Waals surface area (Å²) >= 11 is 0.